The molecule has 0 aliphatic heterocycles. The second-order valence-corrected chi connectivity index (χ2v) is 5.19. The van der Waals surface area contributed by atoms with Crippen LogP contribution >= 0.6 is 15.9 Å². The molecule has 0 aromatic heterocycles. The van der Waals surface area contributed by atoms with Crippen LogP contribution in [0, 0.1) is 0 Å². The number of methoxy groups -OCH3 is 1. The van der Waals surface area contributed by atoms with Crippen molar-refractivity contribution < 1.29 is 4.74 Å². The molecule has 1 N–H and O–H groups in total. The van der Waals surface area contributed by atoms with Gasteiger partial charge in [0, 0.05) is 10.5 Å². The maximum atomic E-state index is 5.27. The van der Waals surface area contributed by atoms with Crippen LogP contribution in [-0.2, 0) is 6.42 Å². The van der Waals surface area contributed by atoms with E-state index in [2.05, 4.69) is 40.8 Å². The van der Waals surface area contributed by atoms with Crippen molar-refractivity contribution in [2.75, 3.05) is 13.7 Å². The van der Waals surface area contributed by atoms with E-state index in [0.717, 1.165) is 36.0 Å². The summed E-state index contributed by atoms with van der Waals surface area (Å²) in [4.78, 5) is 0. The Morgan fingerprint density at radius 3 is 2.89 bits per heavy atom. The summed E-state index contributed by atoms with van der Waals surface area (Å²) in [7, 11) is 1.70. The first-order valence-corrected chi connectivity index (χ1v) is 7.17. The lowest BCUT2D eigenvalue weighted by Crippen LogP contribution is -2.31. The largest absolute Gasteiger partial charge is 0.497 e. The standard InChI is InChI=1S/C15H22BrNO/c1-4-6-13(17-9-5-2)10-12-11-14(18-3)7-8-15(12)16/h4,7-8,11,13,17H,1,5-6,9-10H2,2-3H3. The van der Waals surface area contributed by atoms with Gasteiger partial charge in [-0.3, -0.25) is 0 Å². The molecule has 1 atom stereocenters. The minimum atomic E-state index is 0.436. The van der Waals surface area contributed by atoms with Gasteiger partial charge in [0.1, 0.15) is 5.75 Å². The van der Waals surface area contributed by atoms with Crippen molar-refractivity contribution in [3.63, 3.8) is 0 Å². The maximum absolute atomic E-state index is 5.27. The van der Waals surface area contributed by atoms with Crippen molar-refractivity contribution >= 4 is 15.9 Å². The highest BCUT2D eigenvalue weighted by Gasteiger charge is 2.10. The lowest BCUT2D eigenvalue weighted by molar-refractivity contribution is 0.413. The topological polar surface area (TPSA) is 21.3 Å². The van der Waals surface area contributed by atoms with E-state index in [1.165, 1.54) is 5.56 Å². The van der Waals surface area contributed by atoms with Crippen LogP contribution in [0.5, 0.6) is 5.75 Å². The molecule has 18 heavy (non-hydrogen) atoms. The first-order chi connectivity index (χ1) is 8.71. The smallest absolute Gasteiger partial charge is 0.119 e. The Hall–Kier alpha value is -0.800. The van der Waals surface area contributed by atoms with Crippen LogP contribution in [0.25, 0.3) is 0 Å². The molecule has 0 aliphatic rings. The van der Waals surface area contributed by atoms with Crippen molar-refractivity contribution in [1.29, 1.82) is 0 Å². The van der Waals surface area contributed by atoms with Gasteiger partial charge in [0.25, 0.3) is 0 Å². The van der Waals surface area contributed by atoms with E-state index in [0.29, 0.717) is 6.04 Å². The van der Waals surface area contributed by atoms with Gasteiger partial charge in [-0.25, -0.2) is 0 Å². The van der Waals surface area contributed by atoms with Gasteiger partial charge in [-0.15, -0.1) is 6.58 Å². The average Bonchev–Trinajstić information content (AvgIpc) is 2.38. The zero-order valence-corrected chi connectivity index (χ0v) is 12.8. The molecule has 1 aromatic rings. The number of hydrogen-bond acceptors (Lipinski definition) is 2. The van der Waals surface area contributed by atoms with Crippen LogP contribution in [0.3, 0.4) is 0 Å². The van der Waals surface area contributed by atoms with E-state index in [1.807, 2.05) is 18.2 Å². The van der Waals surface area contributed by atoms with E-state index >= 15 is 0 Å². The van der Waals surface area contributed by atoms with E-state index in [1.54, 1.807) is 7.11 Å². The van der Waals surface area contributed by atoms with E-state index < -0.39 is 0 Å². The Balaban J connectivity index is 2.74. The molecule has 0 amide bonds. The normalized spacial score (nSPS) is 12.2. The van der Waals surface area contributed by atoms with Crippen molar-refractivity contribution in [2.45, 2.75) is 32.2 Å². The van der Waals surface area contributed by atoms with Crippen molar-refractivity contribution in [3.05, 3.63) is 40.9 Å². The summed E-state index contributed by atoms with van der Waals surface area (Å²) in [6.45, 7) is 7.05. The van der Waals surface area contributed by atoms with Crippen LogP contribution in [0.15, 0.2) is 35.3 Å². The summed E-state index contributed by atoms with van der Waals surface area (Å²) in [6.07, 6.45) is 5.07. The summed E-state index contributed by atoms with van der Waals surface area (Å²) in [5.41, 5.74) is 1.27. The van der Waals surface area contributed by atoms with Crippen LogP contribution in [0.1, 0.15) is 25.3 Å². The minimum Gasteiger partial charge on any atom is -0.497 e. The van der Waals surface area contributed by atoms with Crippen LogP contribution in [0.4, 0.5) is 0 Å². The molecule has 3 heteroatoms. The van der Waals surface area contributed by atoms with Gasteiger partial charge in [-0.2, -0.15) is 0 Å². The van der Waals surface area contributed by atoms with Crippen molar-refractivity contribution in [1.82, 2.24) is 5.32 Å². The van der Waals surface area contributed by atoms with E-state index in [9.17, 15) is 0 Å². The Bertz CT molecular complexity index is 379. The molecule has 0 saturated heterocycles. The van der Waals surface area contributed by atoms with Gasteiger partial charge in [0.2, 0.25) is 0 Å². The molecular weight excluding hydrogens is 290 g/mol. The van der Waals surface area contributed by atoms with Gasteiger partial charge >= 0.3 is 0 Å². The lowest BCUT2D eigenvalue weighted by atomic mass is 10.0. The Labute approximate surface area is 119 Å². The van der Waals surface area contributed by atoms with Gasteiger partial charge in [-0.05, 0) is 49.6 Å². The van der Waals surface area contributed by atoms with Crippen LogP contribution in [0.2, 0.25) is 0 Å². The predicted octanol–water partition coefficient (Wildman–Crippen LogP) is 3.94. The Kier molecular flexibility index (Phi) is 7.06. The SMILES string of the molecule is C=CCC(Cc1cc(OC)ccc1Br)NCCC. The number of nitrogens with one attached hydrogen (secondary N) is 1. The highest BCUT2D eigenvalue weighted by Crippen LogP contribution is 2.24. The van der Waals surface area contributed by atoms with Crippen molar-refractivity contribution in [3.8, 4) is 5.75 Å². The monoisotopic (exact) mass is 311 g/mol. The molecule has 100 valence electrons. The number of ether oxygens (including phenoxy) is 1. The van der Waals surface area contributed by atoms with Gasteiger partial charge in [0.15, 0.2) is 0 Å². The molecule has 0 spiro atoms. The summed E-state index contributed by atoms with van der Waals surface area (Å²) in [5.74, 6) is 0.904. The number of halogens is 1. The zero-order valence-electron chi connectivity index (χ0n) is 11.2. The number of benzene rings is 1. The molecule has 2 nitrogen and oxygen atoms in total. The van der Waals surface area contributed by atoms with Gasteiger partial charge in [0.05, 0.1) is 7.11 Å². The second kappa shape index (κ2) is 8.33. The number of hydrogen-bond donors (Lipinski definition) is 1. The van der Waals surface area contributed by atoms with Crippen LogP contribution < -0.4 is 10.1 Å². The molecule has 0 heterocycles. The Morgan fingerprint density at radius 2 is 2.28 bits per heavy atom. The summed E-state index contributed by atoms with van der Waals surface area (Å²) in [6, 6.07) is 6.54. The van der Waals surface area contributed by atoms with Gasteiger partial charge < -0.3 is 10.1 Å². The first-order valence-electron chi connectivity index (χ1n) is 6.38. The fraction of sp³-hybridized carbons (Fsp3) is 0.467. The molecule has 1 unspecified atom stereocenters. The minimum absolute atomic E-state index is 0.436. The highest BCUT2D eigenvalue weighted by atomic mass is 79.9. The third-order valence-electron chi connectivity index (χ3n) is 2.85. The maximum Gasteiger partial charge on any atom is 0.119 e. The average molecular weight is 312 g/mol. The molecule has 0 saturated carbocycles. The van der Waals surface area contributed by atoms with Crippen molar-refractivity contribution in [2.24, 2.45) is 0 Å². The Morgan fingerprint density at radius 1 is 1.50 bits per heavy atom. The molecular formula is C15H22BrNO. The third kappa shape index (κ3) is 4.83. The third-order valence-corrected chi connectivity index (χ3v) is 3.63. The van der Waals surface area contributed by atoms with Gasteiger partial charge in [-0.1, -0.05) is 28.9 Å². The fourth-order valence-electron chi connectivity index (χ4n) is 1.89. The molecule has 0 bridgehead atoms. The van der Waals surface area contributed by atoms with Crippen LogP contribution in [-0.4, -0.2) is 19.7 Å². The quantitative estimate of drug-likeness (QED) is 0.734. The second-order valence-electron chi connectivity index (χ2n) is 4.34. The van der Waals surface area contributed by atoms with E-state index in [4.69, 9.17) is 4.74 Å². The summed E-state index contributed by atoms with van der Waals surface area (Å²) >= 11 is 3.60. The van der Waals surface area contributed by atoms with E-state index in [-0.39, 0.29) is 0 Å². The highest BCUT2D eigenvalue weighted by molar-refractivity contribution is 9.10. The fourth-order valence-corrected chi connectivity index (χ4v) is 2.30. The predicted molar refractivity (Wildman–Crippen MR) is 81.3 cm³/mol. The molecule has 0 aliphatic carbocycles. The molecule has 1 rings (SSSR count). The number of rotatable bonds is 8. The first kappa shape index (κ1) is 15.3. The summed E-state index contributed by atoms with van der Waals surface area (Å²) in [5, 5.41) is 3.55. The molecule has 0 radical (unpaired) electrons. The summed E-state index contributed by atoms with van der Waals surface area (Å²) < 4.78 is 6.41. The zero-order chi connectivity index (χ0) is 13.4. The molecule has 1 aromatic carbocycles. The lowest BCUT2D eigenvalue weighted by Gasteiger charge is -2.18. The molecule has 0 fully saturated rings.